The first-order valence-corrected chi connectivity index (χ1v) is 8.88. The van der Waals surface area contributed by atoms with E-state index in [4.69, 9.17) is 16.3 Å². The monoisotopic (exact) mass is 400 g/mol. The maximum atomic E-state index is 14.3. The van der Waals surface area contributed by atoms with Crippen LogP contribution >= 0.6 is 23.4 Å². The molecule has 0 aliphatic carbocycles. The van der Waals surface area contributed by atoms with Crippen molar-refractivity contribution in [1.82, 2.24) is 5.32 Å². The van der Waals surface area contributed by atoms with Crippen molar-refractivity contribution >= 4 is 41.0 Å². The fraction of sp³-hybridized carbons (Fsp3) is 0.176. The van der Waals surface area contributed by atoms with Gasteiger partial charge in [0.25, 0.3) is 5.91 Å². The van der Waals surface area contributed by atoms with Gasteiger partial charge in [-0.05, 0) is 36.6 Å². The Morgan fingerprint density at radius 3 is 2.54 bits per heavy atom. The average Bonchev–Trinajstić information content (AvgIpc) is 2.59. The van der Waals surface area contributed by atoms with Gasteiger partial charge in [-0.3, -0.25) is 15.0 Å². The summed E-state index contributed by atoms with van der Waals surface area (Å²) in [7, 11) is 1.31. The number of imide groups is 1. The molecule has 1 N–H and O–H groups in total. The molecule has 2 aromatic rings. The normalized spacial score (nSPS) is 10.5. The summed E-state index contributed by atoms with van der Waals surface area (Å²) in [6.07, 6.45) is 1.78. The summed E-state index contributed by atoms with van der Waals surface area (Å²) < 4.78 is 33.0. The van der Waals surface area contributed by atoms with Crippen LogP contribution in [-0.2, 0) is 4.74 Å². The van der Waals surface area contributed by atoms with Crippen molar-refractivity contribution < 1.29 is 23.1 Å². The van der Waals surface area contributed by atoms with E-state index in [-0.39, 0.29) is 17.4 Å². The molecule has 0 aromatic heterocycles. The number of benzene rings is 2. The first kappa shape index (κ1) is 20.2. The first-order valence-electron chi connectivity index (χ1n) is 7.28. The van der Waals surface area contributed by atoms with E-state index in [2.05, 4.69) is 0 Å². The van der Waals surface area contributed by atoms with Gasteiger partial charge in [0.1, 0.15) is 18.4 Å². The number of nitrogens with one attached hydrogen (secondary N) is 1. The van der Waals surface area contributed by atoms with E-state index in [1.54, 1.807) is 12.3 Å². The Morgan fingerprint density at radius 1 is 1.23 bits per heavy atom. The Hall–Kier alpha value is -2.16. The molecule has 0 unspecified atom stereocenters. The second-order valence-electron chi connectivity index (χ2n) is 5.02. The van der Waals surface area contributed by atoms with Crippen LogP contribution in [0.25, 0.3) is 0 Å². The number of urea groups is 1. The van der Waals surface area contributed by atoms with Gasteiger partial charge >= 0.3 is 6.03 Å². The summed E-state index contributed by atoms with van der Waals surface area (Å²) in [5.41, 5.74) is -0.562. The van der Waals surface area contributed by atoms with E-state index >= 15 is 0 Å². The number of carbonyl (C=O) groups excluding carboxylic acids is 2. The number of ether oxygens (including phenoxy) is 1. The van der Waals surface area contributed by atoms with Gasteiger partial charge in [0.2, 0.25) is 0 Å². The van der Waals surface area contributed by atoms with Gasteiger partial charge in [-0.25, -0.2) is 13.6 Å². The van der Waals surface area contributed by atoms with Gasteiger partial charge in [-0.2, -0.15) is 0 Å². The van der Waals surface area contributed by atoms with E-state index < -0.39 is 29.1 Å². The maximum absolute atomic E-state index is 14.3. The Morgan fingerprint density at radius 2 is 1.96 bits per heavy atom. The number of rotatable bonds is 5. The Labute approximate surface area is 158 Å². The van der Waals surface area contributed by atoms with E-state index in [1.165, 1.54) is 43.1 Å². The van der Waals surface area contributed by atoms with Crippen molar-refractivity contribution in [3.63, 3.8) is 0 Å². The molecule has 5 nitrogen and oxygen atoms in total. The van der Waals surface area contributed by atoms with Crippen LogP contribution in [-0.4, -0.2) is 32.0 Å². The van der Waals surface area contributed by atoms with Crippen LogP contribution in [0.4, 0.5) is 19.3 Å². The molecular weight excluding hydrogens is 386 g/mol. The number of methoxy groups -OCH3 is 1. The number of halogens is 3. The van der Waals surface area contributed by atoms with Gasteiger partial charge < -0.3 is 4.74 Å². The minimum atomic E-state index is -1.04. The van der Waals surface area contributed by atoms with E-state index in [1.807, 2.05) is 5.32 Å². The van der Waals surface area contributed by atoms with E-state index in [9.17, 15) is 18.4 Å². The van der Waals surface area contributed by atoms with Crippen molar-refractivity contribution in [2.75, 3.05) is 25.0 Å². The smallest absolute Gasteiger partial charge is 0.330 e. The highest BCUT2D eigenvalue weighted by atomic mass is 35.5. The van der Waals surface area contributed by atoms with Gasteiger partial charge in [0, 0.05) is 12.0 Å². The molecule has 0 heterocycles. The van der Waals surface area contributed by atoms with Gasteiger partial charge in [-0.1, -0.05) is 17.7 Å². The topological polar surface area (TPSA) is 58.6 Å². The highest BCUT2D eigenvalue weighted by Crippen LogP contribution is 2.25. The van der Waals surface area contributed by atoms with Crippen molar-refractivity contribution in [2.24, 2.45) is 0 Å². The highest BCUT2D eigenvalue weighted by molar-refractivity contribution is 7.98. The number of thioether (sulfide) groups is 1. The van der Waals surface area contributed by atoms with Crippen LogP contribution in [0.3, 0.4) is 0 Å². The van der Waals surface area contributed by atoms with Crippen LogP contribution in [0.5, 0.6) is 0 Å². The number of hydrogen-bond donors (Lipinski definition) is 1. The summed E-state index contributed by atoms with van der Waals surface area (Å²) in [5.74, 6) is -2.59. The molecule has 26 heavy (non-hydrogen) atoms. The molecule has 0 spiro atoms. The van der Waals surface area contributed by atoms with Crippen molar-refractivity contribution in [3.8, 4) is 0 Å². The summed E-state index contributed by atoms with van der Waals surface area (Å²) in [5, 5.41) is 1.84. The lowest BCUT2D eigenvalue weighted by molar-refractivity contribution is 0.0959. The first-order chi connectivity index (χ1) is 12.4. The maximum Gasteiger partial charge on any atom is 0.330 e. The zero-order valence-electron chi connectivity index (χ0n) is 13.9. The van der Waals surface area contributed by atoms with Gasteiger partial charge in [-0.15, -0.1) is 11.8 Å². The van der Waals surface area contributed by atoms with Crippen LogP contribution in [0.1, 0.15) is 10.4 Å². The standard InChI is InChI=1S/C17H15ClF2N2O3S/c1-25-9-22(14-7-6-10(26-2)8-13(14)20)17(24)21-16(23)15-11(18)4-3-5-12(15)19/h3-8H,9H2,1-2H3,(H,21,23,24). The van der Waals surface area contributed by atoms with Crippen LogP contribution in [0.15, 0.2) is 41.3 Å². The average molecular weight is 401 g/mol. The Balaban J connectivity index is 2.28. The minimum absolute atomic E-state index is 0.0884. The molecule has 0 atom stereocenters. The predicted octanol–water partition coefficient (Wildman–Crippen LogP) is 4.30. The van der Waals surface area contributed by atoms with Gasteiger partial charge in [0.05, 0.1) is 16.3 Å². The number of anilines is 1. The molecule has 0 saturated carbocycles. The zero-order valence-corrected chi connectivity index (χ0v) is 15.5. The number of carbonyl (C=O) groups is 2. The van der Waals surface area contributed by atoms with E-state index in [0.29, 0.717) is 4.90 Å². The third-order valence-electron chi connectivity index (χ3n) is 3.36. The largest absolute Gasteiger partial charge is 0.364 e. The van der Waals surface area contributed by atoms with Crippen molar-refractivity contribution in [1.29, 1.82) is 0 Å². The Kier molecular flexibility index (Phi) is 6.96. The summed E-state index contributed by atoms with van der Waals surface area (Å²) in [6.45, 7) is -0.320. The number of nitrogens with zero attached hydrogens (tertiary/aromatic N) is 1. The van der Waals surface area contributed by atoms with Crippen molar-refractivity contribution in [2.45, 2.75) is 4.90 Å². The molecule has 0 fully saturated rings. The minimum Gasteiger partial charge on any atom is -0.364 e. The molecule has 2 rings (SSSR count). The lowest BCUT2D eigenvalue weighted by atomic mass is 10.2. The molecule has 0 saturated heterocycles. The lowest BCUT2D eigenvalue weighted by Gasteiger charge is -2.22. The predicted molar refractivity (Wildman–Crippen MR) is 96.8 cm³/mol. The molecule has 0 radical (unpaired) electrons. The fourth-order valence-electron chi connectivity index (χ4n) is 2.14. The number of amides is 3. The SMILES string of the molecule is COCN(C(=O)NC(=O)c1c(F)cccc1Cl)c1ccc(SC)cc1F. The summed E-state index contributed by atoms with van der Waals surface area (Å²) in [6, 6.07) is 6.97. The summed E-state index contributed by atoms with van der Waals surface area (Å²) >= 11 is 7.15. The molecule has 3 amide bonds. The van der Waals surface area contributed by atoms with Gasteiger partial charge in [0.15, 0.2) is 0 Å². The third-order valence-corrected chi connectivity index (χ3v) is 4.40. The molecule has 0 aliphatic rings. The second-order valence-corrected chi connectivity index (χ2v) is 6.31. The zero-order chi connectivity index (χ0) is 19.3. The van der Waals surface area contributed by atoms with Crippen LogP contribution in [0.2, 0.25) is 5.02 Å². The fourth-order valence-corrected chi connectivity index (χ4v) is 2.82. The highest BCUT2D eigenvalue weighted by Gasteiger charge is 2.24. The lowest BCUT2D eigenvalue weighted by Crippen LogP contribution is -2.44. The Bertz CT molecular complexity index is 815. The van der Waals surface area contributed by atoms with E-state index in [0.717, 1.165) is 11.0 Å². The molecule has 0 bridgehead atoms. The quantitative estimate of drug-likeness (QED) is 0.600. The second kappa shape index (κ2) is 8.98. The molecule has 9 heteroatoms. The molecule has 0 aliphatic heterocycles. The van der Waals surface area contributed by atoms with Crippen LogP contribution < -0.4 is 10.2 Å². The molecular formula is C17H15ClF2N2O3S. The molecule has 2 aromatic carbocycles. The third kappa shape index (κ3) is 4.51. The van der Waals surface area contributed by atoms with Crippen LogP contribution in [0, 0.1) is 11.6 Å². The molecule has 138 valence electrons. The van der Waals surface area contributed by atoms with Crippen molar-refractivity contribution in [3.05, 3.63) is 58.6 Å². The number of hydrogen-bond acceptors (Lipinski definition) is 4. The summed E-state index contributed by atoms with van der Waals surface area (Å²) in [4.78, 5) is 26.2.